The van der Waals surface area contributed by atoms with Gasteiger partial charge in [0.1, 0.15) is 12.1 Å². The summed E-state index contributed by atoms with van der Waals surface area (Å²) < 4.78 is 1.98. The van der Waals surface area contributed by atoms with Crippen LogP contribution in [-0.2, 0) is 12.8 Å². The van der Waals surface area contributed by atoms with Crippen molar-refractivity contribution in [2.75, 3.05) is 13.1 Å². The first-order chi connectivity index (χ1) is 9.13. The highest BCUT2D eigenvalue weighted by molar-refractivity contribution is 5.08. The number of aliphatic hydroxyl groups excluding tert-OH is 1. The van der Waals surface area contributed by atoms with E-state index in [2.05, 4.69) is 24.9 Å². The molecule has 0 amide bonds. The summed E-state index contributed by atoms with van der Waals surface area (Å²) in [5.41, 5.74) is 1.17. The Labute approximate surface area is 115 Å². The van der Waals surface area contributed by atoms with Gasteiger partial charge in [0.2, 0.25) is 0 Å². The molecule has 0 bridgehead atoms. The van der Waals surface area contributed by atoms with E-state index in [1.165, 1.54) is 25.2 Å². The lowest BCUT2D eigenvalue weighted by Crippen LogP contribution is -2.28. The van der Waals surface area contributed by atoms with Gasteiger partial charge in [-0.15, -0.1) is 0 Å². The molecule has 0 saturated carbocycles. The Morgan fingerprint density at radius 2 is 2.26 bits per heavy atom. The topological polar surface area (TPSA) is 41.3 Å². The number of fused-ring (bicyclic) bond motifs is 1. The Morgan fingerprint density at radius 1 is 1.42 bits per heavy atom. The van der Waals surface area contributed by atoms with Gasteiger partial charge in [0.15, 0.2) is 0 Å². The molecule has 0 radical (unpaired) electrons. The van der Waals surface area contributed by atoms with Crippen LogP contribution in [0, 0.1) is 5.92 Å². The highest BCUT2D eigenvalue weighted by Gasteiger charge is 2.26. The summed E-state index contributed by atoms with van der Waals surface area (Å²) in [6, 6.07) is 0.655. The molecule has 4 nitrogen and oxygen atoms in total. The molecule has 1 aromatic rings. The molecule has 3 rings (SSSR count). The summed E-state index contributed by atoms with van der Waals surface area (Å²) in [6.45, 7) is 6.96. The molecule has 1 saturated heterocycles. The molecule has 3 heterocycles. The molecule has 106 valence electrons. The molecule has 2 aliphatic rings. The van der Waals surface area contributed by atoms with E-state index in [-0.39, 0.29) is 6.23 Å². The number of hydrogen-bond donors (Lipinski definition) is 1. The lowest BCUT2D eigenvalue weighted by Gasteiger charge is -2.20. The van der Waals surface area contributed by atoms with Gasteiger partial charge in [-0.2, -0.15) is 0 Å². The van der Waals surface area contributed by atoms with Crippen LogP contribution in [-0.4, -0.2) is 38.7 Å². The monoisotopic (exact) mass is 263 g/mol. The standard InChI is InChI=1S/C15H25N3O/c1-11(2)17-7-6-12(9-17)8-13-10-18-14(16-13)4-3-5-15(18)19/h10-12,15,19H,3-9H2,1-2H3. The van der Waals surface area contributed by atoms with Crippen molar-refractivity contribution in [3.63, 3.8) is 0 Å². The minimum Gasteiger partial charge on any atom is -0.373 e. The Bertz CT molecular complexity index is 441. The number of aryl methyl sites for hydroxylation is 1. The number of aliphatic hydroxyl groups is 1. The second-order valence-corrected chi connectivity index (χ2v) is 6.38. The molecule has 0 aromatic carbocycles. The maximum atomic E-state index is 9.97. The van der Waals surface area contributed by atoms with E-state index < -0.39 is 0 Å². The average Bonchev–Trinajstić information content (AvgIpc) is 2.96. The first-order valence-corrected chi connectivity index (χ1v) is 7.62. The van der Waals surface area contributed by atoms with Gasteiger partial charge in [-0.3, -0.25) is 0 Å². The molecular weight excluding hydrogens is 238 g/mol. The molecule has 4 heteroatoms. The van der Waals surface area contributed by atoms with Crippen LogP contribution < -0.4 is 0 Å². The summed E-state index contributed by atoms with van der Waals surface area (Å²) in [6.07, 6.45) is 7.02. The van der Waals surface area contributed by atoms with E-state index in [9.17, 15) is 5.11 Å². The summed E-state index contributed by atoms with van der Waals surface area (Å²) in [5, 5.41) is 9.97. The summed E-state index contributed by atoms with van der Waals surface area (Å²) >= 11 is 0. The van der Waals surface area contributed by atoms with Crippen LogP contribution in [0.2, 0.25) is 0 Å². The fourth-order valence-corrected chi connectivity index (χ4v) is 3.40. The van der Waals surface area contributed by atoms with Crippen molar-refractivity contribution in [3.8, 4) is 0 Å². The third-order valence-corrected chi connectivity index (χ3v) is 4.59. The molecule has 0 spiro atoms. The van der Waals surface area contributed by atoms with Crippen LogP contribution in [0.15, 0.2) is 6.20 Å². The number of nitrogens with zero attached hydrogens (tertiary/aromatic N) is 3. The van der Waals surface area contributed by atoms with Gasteiger partial charge < -0.3 is 14.6 Å². The van der Waals surface area contributed by atoms with Gasteiger partial charge >= 0.3 is 0 Å². The van der Waals surface area contributed by atoms with Gasteiger partial charge in [0.25, 0.3) is 0 Å². The first kappa shape index (κ1) is 13.1. The van der Waals surface area contributed by atoms with Crippen molar-refractivity contribution >= 4 is 0 Å². The quantitative estimate of drug-likeness (QED) is 0.906. The largest absolute Gasteiger partial charge is 0.373 e. The molecular formula is C15H25N3O. The van der Waals surface area contributed by atoms with Crippen molar-refractivity contribution in [2.24, 2.45) is 5.92 Å². The van der Waals surface area contributed by atoms with Crippen molar-refractivity contribution in [1.29, 1.82) is 0 Å². The van der Waals surface area contributed by atoms with Gasteiger partial charge in [0, 0.05) is 25.2 Å². The molecule has 1 aromatic heterocycles. The fourth-order valence-electron chi connectivity index (χ4n) is 3.40. The number of imidazole rings is 1. The molecule has 0 aliphatic carbocycles. The van der Waals surface area contributed by atoms with Crippen LogP contribution >= 0.6 is 0 Å². The molecule has 1 N–H and O–H groups in total. The Morgan fingerprint density at radius 3 is 2.95 bits per heavy atom. The molecule has 2 atom stereocenters. The van der Waals surface area contributed by atoms with E-state index in [1.54, 1.807) is 0 Å². The maximum absolute atomic E-state index is 9.97. The van der Waals surface area contributed by atoms with E-state index >= 15 is 0 Å². The molecule has 19 heavy (non-hydrogen) atoms. The van der Waals surface area contributed by atoms with Crippen molar-refractivity contribution in [1.82, 2.24) is 14.5 Å². The van der Waals surface area contributed by atoms with Gasteiger partial charge in [-0.05, 0) is 52.0 Å². The third kappa shape index (κ3) is 2.70. The second-order valence-electron chi connectivity index (χ2n) is 6.38. The smallest absolute Gasteiger partial charge is 0.131 e. The van der Waals surface area contributed by atoms with E-state index in [0.717, 1.165) is 37.4 Å². The number of rotatable bonds is 3. The average molecular weight is 263 g/mol. The highest BCUT2D eigenvalue weighted by atomic mass is 16.3. The predicted octanol–water partition coefficient (Wildman–Crippen LogP) is 1.98. The van der Waals surface area contributed by atoms with Gasteiger partial charge in [-0.1, -0.05) is 0 Å². The fraction of sp³-hybridized carbons (Fsp3) is 0.800. The minimum atomic E-state index is -0.347. The lowest BCUT2D eigenvalue weighted by atomic mass is 10.0. The molecule has 2 aliphatic heterocycles. The zero-order chi connectivity index (χ0) is 13.4. The normalized spacial score (nSPS) is 28.0. The number of aromatic nitrogens is 2. The Hall–Kier alpha value is -0.870. The maximum Gasteiger partial charge on any atom is 0.131 e. The van der Waals surface area contributed by atoms with Crippen LogP contribution in [0.25, 0.3) is 0 Å². The SMILES string of the molecule is CC(C)N1CCC(Cc2cn3c(n2)CCCC3O)C1. The summed E-state index contributed by atoms with van der Waals surface area (Å²) in [7, 11) is 0. The Kier molecular flexibility index (Phi) is 3.63. The van der Waals surface area contributed by atoms with Gasteiger partial charge in [-0.25, -0.2) is 4.98 Å². The van der Waals surface area contributed by atoms with Crippen molar-refractivity contribution in [2.45, 2.75) is 58.2 Å². The lowest BCUT2D eigenvalue weighted by molar-refractivity contribution is 0.0780. The summed E-state index contributed by atoms with van der Waals surface area (Å²) in [5.74, 6) is 1.81. The van der Waals surface area contributed by atoms with Crippen molar-refractivity contribution < 1.29 is 5.11 Å². The Balaban J connectivity index is 1.65. The zero-order valence-corrected chi connectivity index (χ0v) is 12.0. The van der Waals surface area contributed by atoms with Crippen LogP contribution in [0.5, 0.6) is 0 Å². The number of hydrogen-bond acceptors (Lipinski definition) is 3. The molecule has 2 unspecified atom stereocenters. The predicted molar refractivity (Wildman–Crippen MR) is 74.9 cm³/mol. The van der Waals surface area contributed by atoms with Crippen LogP contribution in [0.3, 0.4) is 0 Å². The highest BCUT2D eigenvalue weighted by Crippen LogP contribution is 2.26. The zero-order valence-electron chi connectivity index (χ0n) is 12.0. The first-order valence-electron chi connectivity index (χ1n) is 7.62. The van der Waals surface area contributed by atoms with Crippen LogP contribution in [0.1, 0.15) is 50.9 Å². The van der Waals surface area contributed by atoms with Gasteiger partial charge in [0.05, 0.1) is 5.69 Å². The number of likely N-dealkylation sites (tertiary alicyclic amines) is 1. The third-order valence-electron chi connectivity index (χ3n) is 4.59. The summed E-state index contributed by atoms with van der Waals surface area (Å²) in [4.78, 5) is 7.27. The van der Waals surface area contributed by atoms with E-state index in [0.29, 0.717) is 6.04 Å². The van der Waals surface area contributed by atoms with E-state index in [1.807, 2.05) is 4.57 Å². The second kappa shape index (κ2) is 5.25. The molecule has 1 fully saturated rings. The van der Waals surface area contributed by atoms with Crippen molar-refractivity contribution in [3.05, 3.63) is 17.7 Å². The van der Waals surface area contributed by atoms with Crippen LogP contribution in [0.4, 0.5) is 0 Å². The van der Waals surface area contributed by atoms with E-state index in [4.69, 9.17) is 4.98 Å². The minimum absolute atomic E-state index is 0.347.